The lowest BCUT2D eigenvalue weighted by Crippen LogP contribution is -2.50. The smallest absolute Gasteiger partial charge is 0.335 e. The van der Waals surface area contributed by atoms with E-state index in [1.807, 2.05) is 13.8 Å². The van der Waals surface area contributed by atoms with E-state index < -0.39 is 11.5 Å². The molecule has 0 heterocycles. The van der Waals surface area contributed by atoms with Crippen LogP contribution in [0.1, 0.15) is 42.6 Å². The number of hydrogen-bond donors (Lipinski definition) is 3. The number of carbonyl (C=O) groups excluding carboxylic acids is 1. The molecule has 0 unspecified atom stereocenters. The number of nitrogens with one attached hydrogen (secondary N) is 1. The maximum Gasteiger partial charge on any atom is 0.335 e. The van der Waals surface area contributed by atoms with Crippen molar-refractivity contribution in [3.63, 3.8) is 0 Å². The number of carbonyl (C=O) groups is 2. The number of aromatic carboxylic acids is 1. The Labute approximate surface area is 112 Å². The molecule has 0 aliphatic carbocycles. The number of amides is 1. The average Bonchev–Trinajstić information content (AvgIpc) is 2.39. The maximum atomic E-state index is 12.1. The second-order valence-corrected chi connectivity index (χ2v) is 4.65. The van der Waals surface area contributed by atoms with Crippen molar-refractivity contribution < 1.29 is 14.7 Å². The van der Waals surface area contributed by atoms with Crippen molar-refractivity contribution in [1.82, 2.24) is 0 Å². The van der Waals surface area contributed by atoms with Crippen molar-refractivity contribution >= 4 is 17.6 Å². The third-order valence-electron chi connectivity index (χ3n) is 3.44. The first kappa shape index (κ1) is 15.2. The maximum absolute atomic E-state index is 12.1. The lowest BCUT2D eigenvalue weighted by atomic mass is 9.93. The van der Waals surface area contributed by atoms with Gasteiger partial charge < -0.3 is 16.2 Å². The van der Waals surface area contributed by atoms with Crippen LogP contribution in [0, 0.1) is 6.92 Å². The minimum Gasteiger partial charge on any atom is -0.478 e. The van der Waals surface area contributed by atoms with Gasteiger partial charge in [-0.1, -0.05) is 13.8 Å². The molecule has 0 fully saturated rings. The second-order valence-electron chi connectivity index (χ2n) is 4.65. The van der Waals surface area contributed by atoms with Crippen molar-refractivity contribution in [2.24, 2.45) is 5.73 Å². The number of carboxylic acids is 1. The molecule has 5 nitrogen and oxygen atoms in total. The van der Waals surface area contributed by atoms with Crippen LogP contribution in [0.2, 0.25) is 0 Å². The average molecular weight is 264 g/mol. The zero-order chi connectivity index (χ0) is 14.6. The van der Waals surface area contributed by atoms with Crippen molar-refractivity contribution in [2.75, 3.05) is 5.32 Å². The molecule has 1 aromatic rings. The lowest BCUT2D eigenvalue weighted by Gasteiger charge is -2.25. The van der Waals surface area contributed by atoms with Crippen LogP contribution < -0.4 is 11.1 Å². The Morgan fingerprint density at radius 3 is 2.32 bits per heavy atom. The van der Waals surface area contributed by atoms with E-state index in [0.29, 0.717) is 24.1 Å². The van der Waals surface area contributed by atoms with Gasteiger partial charge in [0.2, 0.25) is 5.91 Å². The fourth-order valence-corrected chi connectivity index (χ4v) is 1.75. The Hall–Kier alpha value is -1.88. The Morgan fingerprint density at radius 2 is 1.89 bits per heavy atom. The molecule has 0 bridgehead atoms. The predicted octanol–water partition coefficient (Wildman–Crippen LogP) is 2.15. The summed E-state index contributed by atoms with van der Waals surface area (Å²) >= 11 is 0. The van der Waals surface area contributed by atoms with Crippen LogP contribution in [0.15, 0.2) is 18.2 Å². The summed E-state index contributed by atoms with van der Waals surface area (Å²) in [6, 6.07) is 4.57. The lowest BCUT2D eigenvalue weighted by molar-refractivity contribution is -0.121. The Bertz CT molecular complexity index is 493. The number of carboxylic acid groups (broad SMARTS) is 1. The largest absolute Gasteiger partial charge is 0.478 e. The Morgan fingerprint density at radius 1 is 1.32 bits per heavy atom. The predicted molar refractivity (Wildman–Crippen MR) is 74.3 cm³/mol. The second kappa shape index (κ2) is 5.84. The van der Waals surface area contributed by atoms with Gasteiger partial charge in [-0.2, -0.15) is 0 Å². The molecular weight excluding hydrogens is 244 g/mol. The van der Waals surface area contributed by atoms with Crippen LogP contribution in [-0.2, 0) is 4.79 Å². The van der Waals surface area contributed by atoms with Gasteiger partial charge in [0.05, 0.1) is 11.1 Å². The van der Waals surface area contributed by atoms with E-state index in [1.54, 1.807) is 13.0 Å². The Balaban J connectivity index is 2.95. The molecule has 104 valence electrons. The summed E-state index contributed by atoms with van der Waals surface area (Å²) in [5.74, 6) is -1.24. The van der Waals surface area contributed by atoms with Crippen molar-refractivity contribution in [3.05, 3.63) is 29.3 Å². The summed E-state index contributed by atoms with van der Waals surface area (Å²) < 4.78 is 0. The van der Waals surface area contributed by atoms with Gasteiger partial charge in [0.1, 0.15) is 0 Å². The molecule has 1 rings (SSSR count). The fourth-order valence-electron chi connectivity index (χ4n) is 1.75. The van der Waals surface area contributed by atoms with Crippen LogP contribution in [0.25, 0.3) is 0 Å². The van der Waals surface area contributed by atoms with Gasteiger partial charge in [-0.15, -0.1) is 0 Å². The highest BCUT2D eigenvalue weighted by Gasteiger charge is 2.30. The molecule has 5 heteroatoms. The molecule has 0 radical (unpaired) electrons. The first-order valence-electron chi connectivity index (χ1n) is 6.28. The van der Waals surface area contributed by atoms with E-state index in [4.69, 9.17) is 10.8 Å². The normalized spacial score (nSPS) is 11.2. The molecular formula is C14H20N2O3. The van der Waals surface area contributed by atoms with Gasteiger partial charge in [-0.05, 0) is 43.5 Å². The van der Waals surface area contributed by atoms with E-state index in [9.17, 15) is 9.59 Å². The molecule has 1 amide bonds. The zero-order valence-corrected chi connectivity index (χ0v) is 11.5. The monoisotopic (exact) mass is 264 g/mol. The SMILES string of the molecule is CCC(N)(CC)C(=O)Nc1ccc(C(=O)O)cc1C. The van der Waals surface area contributed by atoms with Gasteiger partial charge in [0.15, 0.2) is 0 Å². The van der Waals surface area contributed by atoms with Gasteiger partial charge >= 0.3 is 5.97 Å². The molecule has 0 aliphatic heterocycles. The Kier molecular flexibility index (Phi) is 4.67. The highest BCUT2D eigenvalue weighted by molar-refractivity contribution is 5.99. The zero-order valence-electron chi connectivity index (χ0n) is 11.5. The molecule has 0 spiro atoms. The van der Waals surface area contributed by atoms with E-state index in [2.05, 4.69) is 5.32 Å². The van der Waals surface area contributed by atoms with E-state index in [-0.39, 0.29) is 11.5 Å². The molecule has 0 saturated heterocycles. The third-order valence-corrected chi connectivity index (χ3v) is 3.44. The molecule has 0 saturated carbocycles. The van der Waals surface area contributed by atoms with E-state index >= 15 is 0 Å². The number of anilines is 1. The third kappa shape index (κ3) is 3.32. The van der Waals surface area contributed by atoms with Crippen molar-refractivity contribution in [3.8, 4) is 0 Å². The number of benzene rings is 1. The molecule has 0 atom stereocenters. The molecule has 0 aliphatic rings. The quantitative estimate of drug-likeness (QED) is 0.759. The number of hydrogen-bond acceptors (Lipinski definition) is 3. The summed E-state index contributed by atoms with van der Waals surface area (Å²) in [4.78, 5) is 22.9. The minimum absolute atomic E-state index is 0.195. The van der Waals surface area contributed by atoms with Gasteiger partial charge in [-0.25, -0.2) is 4.79 Å². The number of aryl methyl sites for hydroxylation is 1. The summed E-state index contributed by atoms with van der Waals surface area (Å²) in [6.07, 6.45) is 1.09. The van der Waals surface area contributed by atoms with Gasteiger partial charge in [0.25, 0.3) is 0 Å². The van der Waals surface area contributed by atoms with Gasteiger partial charge in [0, 0.05) is 5.69 Å². The van der Waals surface area contributed by atoms with E-state index in [1.165, 1.54) is 12.1 Å². The van der Waals surface area contributed by atoms with Crippen LogP contribution in [0.3, 0.4) is 0 Å². The summed E-state index contributed by atoms with van der Waals surface area (Å²) in [7, 11) is 0. The highest BCUT2D eigenvalue weighted by Crippen LogP contribution is 2.20. The fraction of sp³-hybridized carbons (Fsp3) is 0.429. The van der Waals surface area contributed by atoms with Crippen LogP contribution >= 0.6 is 0 Å². The number of nitrogens with two attached hydrogens (primary N) is 1. The topological polar surface area (TPSA) is 92.4 Å². The van der Waals surface area contributed by atoms with Gasteiger partial charge in [-0.3, -0.25) is 4.79 Å². The van der Waals surface area contributed by atoms with Crippen LogP contribution in [0.4, 0.5) is 5.69 Å². The summed E-state index contributed by atoms with van der Waals surface area (Å²) in [5.41, 5.74) is 6.60. The van der Waals surface area contributed by atoms with Crippen molar-refractivity contribution in [2.45, 2.75) is 39.2 Å². The summed E-state index contributed by atoms with van der Waals surface area (Å²) in [6.45, 7) is 5.48. The molecule has 19 heavy (non-hydrogen) atoms. The molecule has 0 aromatic heterocycles. The number of rotatable bonds is 5. The first-order chi connectivity index (χ1) is 8.84. The minimum atomic E-state index is -0.990. The van der Waals surface area contributed by atoms with Crippen LogP contribution in [0.5, 0.6) is 0 Å². The molecule has 4 N–H and O–H groups in total. The molecule has 1 aromatic carbocycles. The summed E-state index contributed by atoms with van der Waals surface area (Å²) in [5, 5.41) is 11.6. The highest BCUT2D eigenvalue weighted by atomic mass is 16.4. The van der Waals surface area contributed by atoms with E-state index in [0.717, 1.165) is 0 Å². The van der Waals surface area contributed by atoms with Crippen LogP contribution in [-0.4, -0.2) is 22.5 Å². The van der Waals surface area contributed by atoms with Crippen molar-refractivity contribution in [1.29, 1.82) is 0 Å². The first-order valence-corrected chi connectivity index (χ1v) is 6.28. The standard InChI is InChI=1S/C14H20N2O3/c1-4-14(15,5-2)13(19)16-11-7-6-10(12(17)18)8-9(11)3/h6-8H,4-5,15H2,1-3H3,(H,16,19)(H,17,18).